The number of hydrogen-bond acceptors (Lipinski definition) is 7. The zero-order chi connectivity index (χ0) is 59.2. The number of fused-ring (bicyclic) bond motifs is 9. The summed E-state index contributed by atoms with van der Waals surface area (Å²) in [5.41, 5.74) is 22.4. The molecule has 0 aromatic heterocycles. The predicted molar refractivity (Wildman–Crippen MR) is 340 cm³/mol. The van der Waals surface area contributed by atoms with Crippen LogP contribution in [0.3, 0.4) is 0 Å². The van der Waals surface area contributed by atoms with Crippen LogP contribution in [0.5, 0.6) is 5.75 Å². The van der Waals surface area contributed by atoms with Crippen molar-refractivity contribution in [2.24, 2.45) is 0 Å². The van der Waals surface area contributed by atoms with Crippen molar-refractivity contribution < 1.29 is 35.4 Å². The van der Waals surface area contributed by atoms with Crippen LogP contribution in [0.15, 0.2) is 109 Å². The van der Waals surface area contributed by atoms with Crippen molar-refractivity contribution in [3.63, 3.8) is 0 Å². The molecule has 0 unspecified atom stereocenters. The first-order valence-corrected chi connectivity index (χ1v) is 30.8. The summed E-state index contributed by atoms with van der Waals surface area (Å²) in [7, 11) is 0. The van der Waals surface area contributed by atoms with Crippen LogP contribution in [-0.2, 0) is 63.4 Å². The molecule has 3 aliphatic rings. The molecule has 0 bridgehead atoms. The summed E-state index contributed by atoms with van der Waals surface area (Å²) >= 11 is 0. The maximum atomic E-state index is 9.05. The van der Waals surface area contributed by atoms with Crippen molar-refractivity contribution in [2.45, 2.75) is 199 Å². The van der Waals surface area contributed by atoms with Gasteiger partial charge in [-0.3, -0.25) is 0 Å². The van der Waals surface area contributed by atoms with E-state index in [-0.39, 0.29) is 45.1 Å². The first-order chi connectivity index (χ1) is 38.7. The van der Waals surface area contributed by atoms with E-state index in [0.29, 0.717) is 6.61 Å². The van der Waals surface area contributed by atoms with E-state index < -0.39 is 0 Å². The third-order valence-electron chi connectivity index (χ3n) is 13.7. The molecule has 7 nitrogen and oxygen atoms in total. The molecule has 0 saturated heterocycles. The summed E-state index contributed by atoms with van der Waals surface area (Å²) < 4.78 is 5.92. The Morgan fingerprint density at radius 1 is 0.306 bits per heavy atom. The molecule has 9 rings (SSSR count). The Morgan fingerprint density at radius 2 is 0.541 bits per heavy atom. The topological polar surface area (TPSA) is 131 Å². The molecule has 6 N–H and O–H groups in total. The standard InChI is InChI=1S/C21H26O2.C20H24O2.C19H22O3.6C2H6.6Sg/c1-21(2)19-13-15(5-3-11-22)7-9-17(19)18-10-8-16(6-4-12-23)14-20(18)21;21-11-1-3-15-5-9-19-17(13-15)7-8-18-14-16(4-2-12-22)6-10-20(18)19;20-9-1-3-14-5-7-17-16(11-14)13-22-19-12-15(4-2-10-21)6-8-18(17)19;6*1-2;;;;;;/h7-10,13-14,22-23H,3-6,11-12H2,1-2H3;5-6,9-10,13-14,21-22H,1-4,7-8,11-12H2;5-8,11-12,20-21H,1-4,9-10,13H2;6*1-2H3;;;;;;. The van der Waals surface area contributed by atoms with Gasteiger partial charge in [-0.15, -0.1) is 0 Å². The van der Waals surface area contributed by atoms with Crippen molar-refractivity contribution in [1.82, 2.24) is 0 Å². The van der Waals surface area contributed by atoms with Gasteiger partial charge in [-0.25, -0.2) is 0 Å². The van der Waals surface area contributed by atoms with Crippen LogP contribution in [-0.4, -0.2) is 70.3 Å². The van der Waals surface area contributed by atoms with Crippen LogP contribution in [0.1, 0.15) is 197 Å². The second-order valence-corrected chi connectivity index (χ2v) is 18.9. The van der Waals surface area contributed by atoms with Gasteiger partial charge in [-0.1, -0.05) is 200 Å². The molecule has 450 valence electrons. The van der Waals surface area contributed by atoms with E-state index in [1.807, 2.05) is 83.1 Å². The molecular formula is C72H108O7Sg6. The molecule has 1 heterocycles. The molecule has 1 aliphatic heterocycles. The van der Waals surface area contributed by atoms with Gasteiger partial charge >= 0.3 is 0 Å². The molecule has 0 atom stereocenters. The Morgan fingerprint density at radius 3 is 0.835 bits per heavy atom. The fourth-order valence-corrected chi connectivity index (χ4v) is 10.1. The zero-order valence-electron chi connectivity index (χ0n) is 56.1. The van der Waals surface area contributed by atoms with E-state index in [0.717, 1.165) is 101 Å². The van der Waals surface area contributed by atoms with Crippen LogP contribution in [0.25, 0.3) is 33.4 Å². The van der Waals surface area contributed by atoms with Crippen molar-refractivity contribution in [3.8, 4) is 39.1 Å². The van der Waals surface area contributed by atoms with E-state index >= 15 is 0 Å². The maximum Gasteiger partial charge on any atom is 0.127 e. The predicted octanol–water partition coefficient (Wildman–Crippen LogP) is 16.4. The van der Waals surface area contributed by atoms with Gasteiger partial charge in [0.25, 0.3) is 0 Å². The van der Waals surface area contributed by atoms with Gasteiger partial charge in [-0.2, -0.15) is 0 Å². The Kier molecular flexibility index (Phi) is 47.8. The van der Waals surface area contributed by atoms with Gasteiger partial charge in [0.15, 0.2) is 0 Å². The van der Waals surface area contributed by atoms with E-state index in [2.05, 4.69) is 123 Å². The average Bonchev–Trinajstić information content (AvgIpc) is 3.60. The van der Waals surface area contributed by atoms with Crippen molar-refractivity contribution in [1.29, 1.82) is 0 Å². The fourth-order valence-electron chi connectivity index (χ4n) is 10.1. The summed E-state index contributed by atoms with van der Waals surface area (Å²) in [4.78, 5) is 0. The van der Waals surface area contributed by atoms with Crippen LogP contribution in [0, 0.1) is 0 Å². The van der Waals surface area contributed by atoms with Gasteiger partial charge in [-0.05, 0) is 185 Å². The van der Waals surface area contributed by atoms with Gasteiger partial charge in [0.2, 0.25) is 0 Å². The summed E-state index contributed by atoms with van der Waals surface area (Å²) in [5, 5.41) is 53.9. The Labute approximate surface area is 481 Å². The Balaban J connectivity index is -0.000000244. The number of aliphatic hydroxyl groups excluding tert-OH is 6. The number of hydrogen-bond donors (Lipinski definition) is 6. The normalized spacial score (nSPS) is 10.9. The smallest absolute Gasteiger partial charge is 0.127 e. The minimum absolute atomic E-state index is 0. The van der Waals surface area contributed by atoms with E-state index in [1.165, 1.54) is 89.0 Å². The van der Waals surface area contributed by atoms with Crippen molar-refractivity contribution in [3.05, 3.63) is 170 Å². The number of ether oxygens (including phenoxy) is 1. The largest absolute Gasteiger partial charge is 0.488 e. The van der Waals surface area contributed by atoms with Crippen LogP contribution in [0.2, 0.25) is 0 Å². The third kappa shape index (κ3) is 23.5. The summed E-state index contributed by atoms with van der Waals surface area (Å²) in [6.07, 6.45) is 12.6. The number of aliphatic hydroxyl groups is 6. The minimum Gasteiger partial charge on any atom is -0.488 e. The molecule has 85 heavy (non-hydrogen) atoms. The van der Waals surface area contributed by atoms with Crippen LogP contribution >= 0.6 is 0 Å². The first kappa shape index (κ1) is 85.2. The van der Waals surface area contributed by atoms with E-state index in [4.69, 9.17) is 35.4 Å². The minimum atomic E-state index is 0. The quantitative estimate of drug-likeness (QED) is 0.0505. The summed E-state index contributed by atoms with van der Waals surface area (Å²) in [6, 6.07) is 39.8. The monoisotopic (exact) mass is 2710 g/mol. The summed E-state index contributed by atoms with van der Waals surface area (Å²) in [6.45, 7) is 30.6. The summed E-state index contributed by atoms with van der Waals surface area (Å²) in [5.74, 6) is 0.936. The number of aryl methyl sites for hydroxylation is 8. The van der Waals surface area contributed by atoms with Gasteiger partial charge in [0, 0.05) is 50.6 Å². The zero-order valence-corrected chi connectivity index (χ0v) is 94.9. The van der Waals surface area contributed by atoms with Crippen LogP contribution < -0.4 is 4.74 Å². The Hall–Kier alpha value is -11.1. The molecule has 0 saturated carbocycles. The Bertz CT molecular complexity index is 2300. The van der Waals surface area contributed by atoms with Gasteiger partial charge in [0.1, 0.15) is 12.4 Å². The molecule has 2 aliphatic carbocycles. The molecular weight excluding hydrogens is 2590 g/mol. The van der Waals surface area contributed by atoms with Crippen LogP contribution in [0.4, 0.5) is 0 Å². The van der Waals surface area contributed by atoms with Gasteiger partial charge < -0.3 is 35.4 Å². The molecule has 13 heteroatoms. The fraction of sp³-hybridized carbons (Fsp3) is 0.500. The first-order valence-electron chi connectivity index (χ1n) is 30.8. The van der Waals surface area contributed by atoms with Crippen molar-refractivity contribution >= 4 is 0 Å². The number of rotatable bonds is 18. The second-order valence-electron chi connectivity index (χ2n) is 18.9. The molecule has 0 fully saturated rings. The molecule has 6 aromatic rings. The SMILES string of the molecule is CC.CC.CC.CC.CC.CC.CC1(C)c2cc(CCCO)ccc2-c2ccc(CCCO)cc21.OCCCc1ccc2c(c1)CCc1cc(CCCO)ccc1-2.OCCCc1ccc2c(c1)COc1cc(CCCO)ccc1-2.[Sg].[Sg].[Sg].[Sg].[Sg].[Sg]. The molecule has 0 spiro atoms. The third-order valence-corrected chi connectivity index (χ3v) is 13.7. The molecule has 0 radical (unpaired) electrons. The second kappa shape index (κ2) is 47.7. The molecule has 0 amide bonds. The van der Waals surface area contributed by atoms with Gasteiger partial charge in [0.05, 0.1) is 0 Å². The van der Waals surface area contributed by atoms with E-state index in [1.54, 1.807) is 0 Å². The number of benzene rings is 6. The van der Waals surface area contributed by atoms with E-state index in [9.17, 15) is 0 Å². The van der Waals surface area contributed by atoms with Crippen molar-refractivity contribution in [2.75, 3.05) is 39.6 Å². The molecule has 6 aromatic carbocycles. The maximum absolute atomic E-state index is 9.05. The average molecular weight is 2700 g/mol.